The number of hydrogen-bond acceptors (Lipinski definition) is 1. The highest BCUT2D eigenvalue weighted by atomic mass is 30.2. The van der Waals surface area contributed by atoms with Crippen LogP contribution in [0.1, 0.15) is 0 Å². The van der Waals surface area contributed by atoms with Crippen molar-refractivity contribution in [3.05, 3.63) is 0 Å². The first-order valence-electron chi connectivity index (χ1n) is 7.22. The lowest BCUT2D eigenvalue weighted by Gasteiger charge is -2.71. The van der Waals surface area contributed by atoms with Gasteiger partial charge in [0.2, 0.25) is 0 Å². The fraction of sp³-hybridized carbons (Fsp3) is 1.00. The van der Waals surface area contributed by atoms with Crippen LogP contribution in [-0.2, 0) is 0 Å². The fourth-order valence-corrected chi connectivity index (χ4v) is 235. The van der Waals surface area contributed by atoms with E-state index in [1.165, 1.54) is 0 Å². The van der Waals surface area contributed by atoms with Crippen LogP contribution in [0.2, 0.25) is 72.0 Å². The molecule has 1 aliphatic rings. The van der Waals surface area contributed by atoms with Crippen LogP contribution < -0.4 is 0 Å². The Morgan fingerprint density at radius 2 is 0.556 bits per heavy atom. The third kappa shape index (κ3) is 1.49. The maximum atomic E-state index is 11.7. The fourth-order valence-electron chi connectivity index (χ4n) is 4.34. The van der Waals surface area contributed by atoms with Crippen LogP contribution >= 0.6 is 0 Å². The number of rotatable bonds is 0. The summed E-state index contributed by atoms with van der Waals surface area (Å²) in [6.07, 6.45) is 0. The predicted molar refractivity (Wildman–Crippen MR) is 101 cm³/mol. The summed E-state index contributed by atoms with van der Waals surface area (Å²) in [7, 11) is -8.37. The van der Waals surface area contributed by atoms with E-state index in [0.29, 0.717) is 0 Å². The van der Waals surface area contributed by atoms with Gasteiger partial charge >= 0.3 is 0 Å². The molecule has 0 aliphatic carbocycles. The molecule has 1 heterocycles. The molecular weight excluding hydrogens is 317 g/mol. The minimum absolute atomic E-state index is 1.13. The highest BCUT2D eigenvalue weighted by molar-refractivity contribution is 8.12. The summed E-state index contributed by atoms with van der Waals surface area (Å²) in [5.74, 6) is 0. The van der Waals surface area contributed by atoms with Crippen molar-refractivity contribution in [3.63, 3.8) is 0 Å². The van der Waals surface area contributed by atoms with Crippen LogP contribution in [0.4, 0.5) is 0 Å². The van der Waals surface area contributed by atoms with Gasteiger partial charge in [-0.15, -0.1) is 0 Å². The monoisotopic (exact) mass is 350 g/mol. The molecule has 0 aromatic carbocycles. The first-order chi connectivity index (χ1) is 7.50. The quantitative estimate of drug-likeness (QED) is 0.662. The van der Waals surface area contributed by atoms with E-state index in [1.54, 1.807) is 0 Å². The van der Waals surface area contributed by atoms with Crippen molar-refractivity contribution < 1.29 is 4.80 Å². The molecule has 108 valence electrons. The van der Waals surface area contributed by atoms with Crippen LogP contribution in [0.15, 0.2) is 0 Å². The van der Waals surface area contributed by atoms with E-state index >= 15 is 0 Å². The zero-order valence-electron chi connectivity index (χ0n) is 14.4. The molecule has 1 N–H and O–H groups in total. The summed E-state index contributed by atoms with van der Waals surface area (Å²) in [5, 5.41) is 0. The third-order valence-corrected chi connectivity index (χ3v) is 157. The molecule has 1 aliphatic heterocycles. The van der Waals surface area contributed by atoms with Gasteiger partial charge in [0.15, 0.2) is 7.35 Å². The second kappa shape index (κ2) is 3.92. The van der Waals surface area contributed by atoms with Gasteiger partial charge in [-0.05, 0) is 0 Å². The number of hydrogen-bond donors (Lipinski definition) is 1. The molecule has 18 heavy (non-hydrogen) atoms. The van der Waals surface area contributed by atoms with Gasteiger partial charge in [-0.3, -0.25) is 0 Å². The first-order valence-corrected chi connectivity index (χ1v) is 30.7. The second-order valence-corrected chi connectivity index (χ2v) is 79.9. The standard InChI is InChI=1S/C11H34OSi6/c1-13(2)14(3,4)16(7,8)18(11,12)17(9,10)15(13,5)6/h12H,1-11H3. The van der Waals surface area contributed by atoms with E-state index in [4.69, 9.17) is 0 Å². The highest BCUT2D eigenvalue weighted by Gasteiger charge is 2.77. The molecule has 0 bridgehead atoms. The van der Waals surface area contributed by atoms with Gasteiger partial charge in [-0.1, -0.05) is 72.0 Å². The third-order valence-electron chi connectivity index (χ3n) is 8.68. The Bertz CT molecular complexity index is 253. The molecule has 1 saturated heterocycles. The first kappa shape index (κ1) is 17.3. The van der Waals surface area contributed by atoms with E-state index in [9.17, 15) is 4.80 Å². The Hall–Kier alpha value is 1.26. The van der Waals surface area contributed by atoms with Crippen molar-refractivity contribution in [2.75, 3.05) is 0 Å². The van der Waals surface area contributed by atoms with Gasteiger partial charge in [0.1, 0.15) is 0 Å². The molecular formula is C11H34OSi6. The Morgan fingerprint density at radius 1 is 0.389 bits per heavy atom. The molecule has 7 heteroatoms. The molecule has 1 nitrogen and oxygen atoms in total. The molecule has 0 amide bonds. The largest absolute Gasteiger partial charge is 0.438 e. The minimum Gasteiger partial charge on any atom is -0.438 e. The van der Waals surface area contributed by atoms with Crippen LogP contribution in [0.5, 0.6) is 0 Å². The SMILES string of the molecule is C[Si]1(C)[Si](C)(C)[Si](C)(C)[Si](C)(O)[Si](C)(C)[Si]1(C)C. The Morgan fingerprint density at radius 3 is 0.778 bits per heavy atom. The van der Waals surface area contributed by atoms with E-state index in [-0.39, 0.29) is 0 Å². The lowest BCUT2D eigenvalue weighted by atomic mass is 11.9. The van der Waals surface area contributed by atoms with Crippen LogP contribution in [-0.4, -0.2) is 47.7 Å². The average Bonchev–Trinajstić information content (AvgIpc) is 2.14. The van der Waals surface area contributed by atoms with Gasteiger partial charge in [-0.25, -0.2) is 0 Å². The van der Waals surface area contributed by atoms with Gasteiger partial charge in [-0.2, -0.15) is 0 Å². The predicted octanol–water partition coefficient (Wildman–Crippen LogP) is 3.58. The molecule has 1 rings (SSSR count). The molecule has 0 aromatic heterocycles. The van der Waals surface area contributed by atoms with E-state index in [1.807, 2.05) is 0 Å². The molecule has 0 saturated carbocycles. The normalized spacial score (nSPS) is 34.0. The van der Waals surface area contributed by atoms with Crippen LogP contribution in [0.3, 0.4) is 0 Å². The summed E-state index contributed by atoms with van der Waals surface area (Å²) in [5.41, 5.74) is 0. The van der Waals surface area contributed by atoms with Gasteiger partial charge in [0.05, 0.1) is 14.2 Å². The average molecular weight is 351 g/mol. The maximum Gasteiger partial charge on any atom is 0.155 e. The topological polar surface area (TPSA) is 20.2 Å². The Labute approximate surface area is 119 Å². The Kier molecular flexibility index (Phi) is 3.77. The molecule has 1 fully saturated rings. The summed E-state index contributed by atoms with van der Waals surface area (Å²) in [6.45, 7) is 28.8. The lowest BCUT2D eigenvalue weighted by molar-refractivity contribution is 0.585. The van der Waals surface area contributed by atoms with E-state index in [0.717, 1.165) is 0 Å². The molecule has 0 spiro atoms. The summed E-state index contributed by atoms with van der Waals surface area (Å²) in [4.78, 5) is 11.7. The van der Waals surface area contributed by atoms with Crippen molar-refractivity contribution >= 4 is 42.9 Å². The lowest BCUT2D eigenvalue weighted by Crippen LogP contribution is -3.01. The molecule has 0 unspecified atom stereocenters. The summed E-state index contributed by atoms with van der Waals surface area (Å²) < 4.78 is 0. The van der Waals surface area contributed by atoms with Gasteiger partial charge < -0.3 is 4.80 Å². The second-order valence-electron chi connectivity index (χ2n) is 9.20. The van der Waals surface area contributed by atoms with Crippen molar-refractivity contribution in [2.45, 2.75) is 72.0 Å². The smallest absolute Gasteiger partial charge is 0.155 e. The van der Waals surface area contributed by atoms with Gasteiger partial charge in [0, 0.05) is 21.3 Å². The van der Waals surface area contributed by atoms with Crippen molar-refractivity contribution in [1.29, 1.82) is 0 Å². The van der Waals surface area contributed by atoms with Crippen LogP contribution in [0, 0.1) is 0 Å². The summed E-state index contributed by atoms with van der Waals surface area (Å²) in [6, 6.07) is 0. The van der Waals surface area contributed by atoms with E-state index < -0.39 is 42.9 Å². The summed E-state index contributed by atoms with van der Waals surface area (Å²) >= 11 is 0. The van der Waals surface area contributed by atoms with E-state index in [2.05, 4.69) is 72.0 Å². The van der Waals surface area contributed by atoms with Crippen molar-refractivity contribution in [2.24, 2.45) is 0 Å². The highest BCUT2D eigenvalue weighted by Crippen LogP contribution is 2.50. The maximum absolute atomic E-state index is 11.7. The van der Waals surface area contributed by atoms with Gasteiger partial charge in [0.25, 0.3) is 0 Å². The van der Waals surface area contributed by atoms with Crippen LogP contribution in [0.25, 0.3) is 0 Å². The minimum atomic E-state index is -1.97. The Balaban J connectivity index is 3.72. The van der Waals surface area contributed by atoms with Crippen molar-refractivity contribution in [3.8, 4) is 0 Å². The zero-order valence-corrected chi connectivity index (χ0v) is 20.4. The van der Waals surface area contributed by atoms with Crippen molar-refractivity contribution in [1.82, 2.24) is 0 Å². The zero-order chi connectivity index (χ0) is 15.0. The molecule has 0 atom stereocenters. The molecule has 0 radical (unpaired) electrons. The molecule has 0 aromatic rings.